The minimum Gasteiger partial charge on any atom is -0.364 e. The Hall–Kier alpha value is -1.49. The summed E-state index contributed by atoms with van der Waals surface area (Å²) in [5.74, 6) is 0.954. The Kier molecular flexibility index (Phi) is 5.84. The molecule has 2 aromatic heterocycles. The normalized spacial score (nSPS) is 11.0. The summed E-state index contributed by atoms with van der Waals surface area (Å²) in [6.07, 6.45) is 4.02. The van der Waals surface area contributed by atoms with Gasteiger partial charge in [-0.25, -0.2) is 0 Å². The van der Waals surface area contributed by atoms with Crippen LogP contribution < -0.4 is 5.32 Å². The molecule has 0 saturated heterocycles. The van der Waals surface area contributed by atoms with Gasteiger partial charge in [-0.05, 0) is 41.5 Å². The van der Waals surface area contributed by atoms with Crippen molar-refractivity contribution in [3.63, 3.8) is 0 Å². The molecule has 118 valence electrons. The Bertz CT molecular complexity index is 581. The van der Waals surface area contributed by atoms with Gasteiger partial charge in [0.1, 0.15) is 0 Å². The molecule has 0 atom stereocenters. The Labute approximate surface area is 133 Å². The van der Waals surface area contributed by atoms with E-state index in [-0.39, 0.29) is 12.4 Å². The Morgan fingerprint density at radius 3 is 2.29 bits per heavy atom. The average Bonchev–Trinajstić information content (AvgIpc) is 2.91. The maximum absolute atomic E-state index is 4.57. The van der Waals surface area contributed by atoms with Crippen molar-refractivity contribution in [1.29, 1.82) is 0 Å². The van der Waals surface area contributed by atoms with Crippen LogP contribution in [0.3, 0.4) is 0 Å². The molecule has 0 bridgehead atoms. The van der Waals surface area contributed by atoms with Crippen molar-refractivity contribution in [1.82, 2.24) is 19.6 Å². The van der Waals surface area contributed by atoms with Crippen LogP contribution in [0.25, 0.3) is 0 Å². The van der Waals surface area contributed by atoms with E-state index in [0.717, 1.165) is 12.4 Å². The van der Waals surface area contributed by atoms with Crippen molar-refractivity contribution in [2.24, 2.45) is 0 Å². The van der Waals surface area contributed by atoms with Crippen LogP contribution in [0.4, 0.5) is 5.82 Å². The van der Waals surface area contributed by atoms with Gasteiger partial charge in [0.25, 0.3) is 0 Å². The fourth-order valence-electron chi connectivity index (χ4n) is 2.25. The van der Waals surface area contributed by atoms with E-state index in [9.17, 15) is 0 Å². The molecule has 2 aromatic rings. The Morgan fingerprint density at radius 1 is 1.14 bits per heavy atom. The van der Waals surface area contributed by atoms with Gasteiger partial charge in [0, 0.05) is 41.6 Å². The maximum atomic E-state index is 4.57. The van der Waals surface area contributed by atoms with E-state index in [2.05, 4.69) is 67.9 Å². The minimum atomic E-state index is 0. The van der Waals surface area contributed by atoms with E-state index >= 15 is 0 Å². The van der Waals surface area contributed by atoms with E-state index in [4.69, 9.17) is 0 Å². The molecule has 21 heavy (non-hydrogen) atoms. The molecule has 0 radical (unpaired) electrons. The highest BCUT2D eigenvalue weighted by atomic mass is 35.5. The Balaban J connectivity index is 0.00000220. The summed E-state index contributed by atoms with van der Waals surface area (Å²) in [7, 11) is 0. The van der Waals surface area contributed by atoms with Gasteiger partial charge in [0.2, 0.25) is 0 Å². The molecule has 0 spiro atoms. The third kappa shape index (κ3) is 3.79. The number of hydrogen-bond acceptors (Lipinski definition) is 3. The summed E-state index contributed by atoms with van der Waals surface area (Å²) in [4.78, 5) is 0. The maximum Gasteiger partial charge on any atom is 0.151 e. The minimum absolute atomic E-state index is 0. The quantitative estimate of drug-likeness (QED) is 0.911. The Morgan fingerprint density at radius 2 is 1.81 bits per heavy atom. The first-order chi connectivity index (χ1) is 9.40. The van der Waals surface area contributed by atoms with Gasteiger partial charge in [-0.3, -0.25) is 9.36 Å². The number of halogens is 1. The largest absolute Gasteiger partial charge is 0.364 e. The molecule has 0 saturated carbocycles. The van der Waals surface area contributed by atoms with Crippen LogP contribution in [0.15, 0.2) is 12.4 Å². The van der Waals surface area contributed by atoms with Crippen LogP contribution in [0.1, 0.15) is 56.6 Å². The molecule has 2 heterocycles. The molecular weight excluding hydrogens is 286 g/mol. The summed E-state index contributed by atoms with van der Waals surface area (Å²) >= 11 is 0. The fourth-order valence-corrected chi connectivity index (χ4v) is 2.25. The molecule has 6 heteroatoms. The fraction of sp³-hybridized carbons (Fsp3) is 0.600. The number of rotatable bonds is 5. The first kappa shape index (κ1) is 17.6. The topological polar surface area (TPSA) is 47.7 Å². The second kappa shape index (κ2) is 6.98. The third-order valence-electron chi connectivity index (χ3n) is 3.53. The number of nitrogens with zero attached hydrogens (tertiary/aromatic N) is 4. The molecule has 0 unspecified atom stereocenters. The van der Waals surface area contributed by atoms with E-state index in [1.165, 1.54) is 16.8 Å². The zero-order chi connectivity index (χ0) is 14.9. The van der Waals surface area contributed by atoms with Crippen LogP contribution >= 0.6 is 12.4 Å². The molecule has 2 rings (SSSR count). The van der Waals surface area contributed by atoms with E-state index in [0.29, 0.717) is 12.1 Å². The van der Waals surface area contributed by atoms with Crippen LogP contribution in [0, 0.1) is 13.8 Å². The van der Waals surface area contributed by atoms with Crippen LogP contribution in [-0.2, 0) is 6.54 Å². The summed E-state index contributed by atoms with van der Waals surface area (Å²) in [6.45, 7) is 13.5. The van der Waals surface area contributed by atoms with Gasteiger partial charge >= 0.3 is 0 Å². The van der Waals surface area contributed by atoms with Gasteiger partial charge in [-0.15, -0.1) is 12.4 Å². The highest BCUT2D eigenvalue weighted by Gasteiger charge is 2.11. The molecule has 0 amide bonds. The second-order valence-electron chi connectivity index (χ2n) is 5.88. The molecule has 0 aromatic carbocycles. The van der Waals surface area contributed by atoms with Crippen LogP contribution in [0.2, 0.25) is 0 Å². The van der Waals surface area contributed by atoms with Gasteiger partial charge in [-0.2, -0.15) is 10.2 Å². The molecule has 0 aliphatic rings. The lowest BCUT2D eigenvalue weighted by atomic mass is 10.2. The first-order valence-electron chi connectivity index (χ1n) is 7.22. The summed E-state index contributed by atoms with van der Waals surface area (Å²) in [5, 5.41) is 12.4. The van der Waals surface area contributed by atoms with Crippen LogP contribution in [0.5, 0.6) is 0 Å². The monoisotopic (exact) mass is 311 g/mol. The predicted molar refractivity (Wildman–Crippen MR) is 89.3 cm³/mol. The van der Waals surface area contributed by atoms with Crippen molar-refractivity contribution >= 4 is 18.2 Å². The SMILES string of the molecule is Cc1cn(C(C)C)nc1NCc1cnn(C(C)C)c1C.Cl. The van der Waals surface area contributed by atoms with Crippen molar-refractivity contribution < 1.29 is 0 Å². The first-order valence-corrected chi connectivity index (χ1v) is 7.22. The number of aromatic nitrogens is 4. The van der Waals surface area contributed by atoms with Gasteiger partial charge in [-0.1, -0.05) is 0 Å². The summed E-state index contributed by atoms with van der Waals surface area (Å²) < 4.78 is 4.04. The number of anilines is 1. The van der Waals surface area contributed by atoms with Crippen molar-refractivity contribution in [3.8, 4) is 0 Å². The predicted octanol–water partition coefficient (Wildman–Crippen LogP) is 3.89. The summed E-state index contributed by atoms with van der Waals surface area (Å²) in [6, 6.07) is 0.778. The second-order valence-corrected chi connectivity index (χ2v) is 5.88. The zero-order valence-corrected chi connectivity index (χ0v) is 14.5. The van der Waals surface area contributed by atoms with Crippen LogP contribution in [-0.4, -0.2) is 19.6 Å². The number of hydrogen-bond donors (Lipinski definition) is 1. The van der Waals surface area contributed by atoms with E-state index < -0.39 is 0 Å². The van der Waals surface area contributed by atoms with E-state index in [1.807, 2.05) is 10.9 Å². The zero-order valence-electron chi connectivity index (χ0n) is 13.7. The van der Waals surface area contributed by atoms with Gasteiger partial charge < -0.3 is 5.32 Å². The molecule has 0 aliphatic carbocycles. The molecule has 5 nitrogen and oxygen atoms in total. The average molecular weight is 312 g/mol. The highest BCUT2D eigenvalue weighted by molar-refractivity contribution is 5.85. The number of aryl methyl sites for hydroxylation is 1. The molecule has 0 aliphatic heterocycles. The molecule has 0 fully saturated rings. The van der Waals surface area contributed by atoms with E-state index in [1.54, 1.807) is 0 Å². The summed E-state index contributed by atoms with van der Waals surface area (Å²) in [5.41, 5.74) is 3.61. The lowest BCUT2D eigenvalue weighted by Gasteiger charge is -2.09. The standard InChI is InChI=1S/C15H25N5.ClH/c1-10(2)19-9-12(5)15(18-19)16-7-14-8-17-20(11(3)4)13(14)6;/h8-11H,7H2,1-6H3,(H,16,18);1H. The molecule has 1 N–H and O–H groups in total. The van der Waals surface area contributed by atoms with Crippen molar-refractivity contribution in [2.45, 2.75) is 60.2 Å². The molecular formula is C15H26ClN5. The smallest absolute Gasteiger partial charge is 0.151 e. The van der Waals surface area contributed by atoms with Crippen molar-refractivity contribution in [2.75, 3.05) is 5.32 Å². The third-order valence-corrected chi connectivity index (χ3v) is 3.53. The lowest BCUT2D eigenvalue weighted by Crippen LogP contribution is -2.07. The highest BCUT2D eigenvalue weighted by Crippen LogP contribution is 2.18. The number of nitrogens with one attached hydrogen (secondary N) is 1. The van der Waals surface area contributed by atoms with Gasteiger partial charge in [0.15, 0.2) is 5.82 Å². The lowest BCUT2D eigenvalue weighted by molar-refractivity contribution is 0.518. The van der Waals surface area contributed by atoms with Gasteiger partial charge in [0.05, 0.1) is 6.20 Å². The van der Waals surface area contributed by atoms with Crippen molar-refractivity contribution in [3.05, 3.63) is 29.2 Å².